The molecule has 1 aliphatic carbocycles. The maximum absolute atomic E-state index is 3.56. The molecule has 0 fully saturated rings. The molecule has 0 heterocycles. The molecule has 0 saturated carbocycles. The van der Waals surface area contributed by atoms with Crippen molar-refractivity contribution in [2.24, 2.45) is 0 Å². The minimum atomic E-state index is 0. The molecular weight excluding hydrogens is 373 g/mol. The second-order valence-electron chi connectivity index (χ2n) is 2.18. The molecule has 0 radical (unpaired) electrons. The minimum absolute atomic E-state index is 0. The third-order valence-electron chi connectivity index (χ3n) is 1.18. The minimum Gasteiger partial charge on any atom is -0.358 e. The second-order valence-corrected chi connectivity index (χ2v) is 2.18. The molecule has 17 heavy (non-hydrogen) atoms. The van der Waals surface area contributed by atoms with Crippen LogP contribution in [-0.4, -0.2) is 13.6 Å². The van der Waals surface area contributed by atoms with E-state index in [0.29, 0.717) is 0 Å². The van der Waals surface area contributed by atoms with Gasteiger partial charge in [0.2, 0.25) is 0 Å². The Morgan fingerprint density at radius 1 is 1.24 bits per heavy atom. The van der Waals surface area contributed by atoms with E-state index in [1.807, 2.05) is 25.3 Å². The number of rotatable bonds is 3. The predicted molar refractivity (Wildman–Crippen MR) is 82.4 cm³/mol. The quantitative estimate of drug-likeness (QED) is 0.320. The van der Waals surface area contributed by atoms with Gasteiger partial charge in [-0.15, -0.1) is 13.0 Å². The van der Waals surface area contributed by atoms with Gasteiger partial charge >= 0.3 is 0 Å². The molecule has 0 aromatic rings. The van der Waals surface area contributed by atoms with Crippen LogP contribution < -0.4 is 5.32 Å². The number of nitrogens with one attached hydrogen (secondary N) is 1. The van der Waals surface area contributed by atoms with E-state index in [-0.39, 0.29) is 63.0 Å². The van der Waals surface area contributed by atoms with Crippen molar-refractivity contribution < 1.29 is 25.8 Å². The van der Waals surface area contributed by atoms with Gasteiger partial charge in [0.15, 0.2) is 0 Å². The standard InChI is InChI=1S/C5H11N.C5H5.5CH3.Hf/c1-3-4-5-6-2;1-2-4-5-3-1;;;;;;/h3,6H,1,4-5H2,2H3;1-3H,4H2;5*1H3;/q;6*-1;. The first kappa shape index (κ1) is 43.5. The molecule has 0 bridgehead atoms. The molecule has 0 saturated heterocycles. The van der Waals surface area contributed by atoms with Gasteiger partial charge in [0.1, 0.15) is 0 Å². The summed E-state index contributed by atoms with van der Waals surface area (Å²) < 4.78 is 0. The van der Waals surface area contributed by atoms with Crippen LogP contribution in [0, 0.1) is 43.2 Å². The van der Waals surface area contributed by atoms with E-state index in [0.717, 1.165) is 19.4 Å². The van der Waals surface area contributed by atoms with Gasteiger partial charge in [-0.05, 0) is 20.0 Å². The van der Waals surface area contributed by atoms with Gasteiger partial charge in [-0.3, -0.25) is 6.08 Å². The average molecular weight is 404 g/mol. The van der Waals surface area contributed by atoms with Crippen molar-refractivity contribution in [1.82, 2.24) is 5.32 Å². The van der Waals surface area contributed by atoms with Gasteiger partial charge in [-0.1, -0.05) is 6.08 Å². The Bertz CT molecular complexity index is 130. The smallest absolute Gasteiger partial charge is 0 e. The van der Waals surface area contributed by atoms with Gasteiger partial charge in [-0.2, -0.15) is 6.08 Å². The molecular formula is C15H31HfN-6. The monoisotopic (exact) mass is 405 g/mol. The summed E-state index contributed by atoms with van der Waals surface area (Å²) in [5, 5.41) is 3.00. The van der Waals surface area contributed by atoms with Crippen molar-refractivity contribution >= 4 is 0 Å². The zero-order valence-corrected chi connectivity index (χ0v) is 16.2. The van der Waals surface area contributed by atoms with Crippen molar-refractivity contribution in [2.75, 3.05) is 13.6 Å². The van der Waals surface area contributed by atoms with E-state index in [4.69, 9.17) is 0 Å². The van der Waals surface area contributed by atoms with Crippen LogP contribution in [0.5, 0.6) is 0 Å². The molecule has 1 aliphatic rings. The van der Waals surface area contributed by atoms with Gasteiger partial charge in [0, 0.05) is 25.8 Å². The van der Waals surface area contributed by atoms with Crippen molar-refractivity contribution in [3.8, 4) is 0 Å². The van der Waals surface area contributed by atoms with Crippen LogP contribution in [0.3, 0.4) is 0 Å². The van der Waals surface area contributed by atoms with E-state index in [2.05, 4.69) is 24.0 Å². The van der Waals surface area contributed by atoms with Crippen LogP contribution in [-0.2, 0) is 25.8 Å². The van der Waals surface area contributed by atoms with E-state index in [1.165, 1.54) is 0 Å². The van der Waals surface area contributed by atoms with Gasteiger partial charge in [-0.25, -0.2) is 12.2 Å². The van der Waals surface area contributed by atoms with Gasteiger partial charge < -0.3 is 42.5 Å². The SMILES string of the molecule is C=CCCNC.[C-]1=CC=CC1.[CH3-].[CH3-].[CH3-].[CH3-].[CH3-].[Hf]. The molecule has 106 valence electrons. The Labute approximate surface area is 131 Å². The van der Waals surface area contributed by atoms with E-state index in [1.54, 1.807) is 0 Å². The summed E-state index contributed by atoms with van der Waals surface area (Å²) in [6.45, 7) is 4.60. The van der Waals surface area contributed by atoms with Crippen molar-refractivity contribution in [2.45, 2.75) is 12.8 Å². The van der Waals surface area contributed by atoms with E-state index >= 15 is 0 Å². The molecule has 0 aromatic heterocycles. The topological polar surface area (TPSA) is 12.0 Å². The normalized spacial score (nSPS) is 8.06. The molecule has 0 spiro atoms. The summed E-state index contributed by atoms with van der Waals surface area (Å²) in [4.78, 5) is 0. The molecule has 0 aliphatic heterocycles. The molecule has 0 aromatic carbocycles. The third-order valence-corrected chi connectivity index (χ3v) is 1.18. The van der Waals surface area contributed by atoms with Crippen LogP contribution in [0.25, 0.3) is 0 Å². The first-order valence-corrected chi connectivity index (χ1v) is 3.89. The summed E-state index contributed by atoms with van der Waals surface area (Å²) in [6.07, 6.45) is 13.0. The first-order valence-electron chi connectivity index (χ1n) is 3.89. The molecule has 2 heteroatoms. The molecule has 1 rings (SSSR count). The Morgan fingerprint density at radius 2 is 1.76 bits per heavy atom. The van der Waals surface area contributed by atoms with Crippen LogP contribution in [0.4, 0.5) is 0 Å². The number of allylic oxidation sites excluding steroid dienone is 4. The summed E-state index contributed by atoms with van der Waals surface area (Å²) in [5.41, 5.74) is 0. The zero-order chi connectivity index (χ0) is 8.36. The fraction of sp³-hybridized carbons (Fsp3) is 0.267. The van der Waals surface area contributed by atoms with Crippen LogP contribution >= 0.6 is 0 Å². The zero-order valence-electron chi connectivity index (χ0n) is 12.6. The van der Waals surface area contributed by atoms with Crippen LogP contribution in [0.15, 0.2) is 30.9 Å². The third kappa shape index (κ3) is 48.9. The van der Waals surface area contributed by atoms with Crippen molar-refractivity contribution in [3.63, 3.8) is 0 Å². The molecule has 1 N–H and O–H groups in total. The number of hydrogen-bond donors (Lipinski definition) is 1. The summed E-state index contributed by atoms with van der Waals surface area (Å²) in [5.74, 6) is 0. The van der Waals surface area contributed by atoms with Crippen LogP contribution in [0.1, 0.15) is 12.8 Å². The second kappa shape index (κ2) is 44.4. The maximum Gasteiger partial charge on any atom is 0 e. The van der Waals surface area contributed by atoms with Crippen molar-refractivity contribution in [1.29, 1.82) is 0 Å². The largest absolute Gasteiger partial charge is 0.358 e. The fourth-order valence-corrected chi connectivity index (χ4v) is 0.587. The number of hydrogen-bond acceptors (Lipinski definition) is 1. The average Bonchev–Trinajstić information content (AvgIpc) is 2.57. The summed E-state index contributed by atoms with van der Waals surface area (Å²) >= 11 is 0. The summed E-state index contributed by atoms with van der Waals surface area (Å²) in [6, 6.07) is 0. The Hall–Kier alpha value is 0.0501. The fourth-order valence-electron chi connectivity index (χ4n) is 0.587. The molecule has 0 atom stereocenters. The van der Waals surface area contributed by atoms with Gasteiger partial charge in [0.05, 0.1) is 0 Å². The van der Waals surface area contributed by atoms with E-state index in [9.17, 15) is 0 Å². The predicted octanol–water partition coefficient (Wildman–Crippen LogP) is 4.34. The first-order chi connectivity index (χ1) is 5.41. The van der Waals surface area contributed by atoms with Crippen molar-refractivity contribution in [3.05, 3.63) is 74.1 Å². The van der Waals surface area contributed by atoms with E-state index < -0.39 is 0 Å². The Kier molecular flexibility index (Phi) is 114. The molecule has 1 nitrogen and oxygen atoms in total. The van der Waals surface area contributed by atoms with Crippen LogP contribution in [0.2, 0.25) is 0 Å². The Balaban J connectivity index is -0.0000000174. The molecule has 0 unspecified atom stereocenters. The Morgan fingerprint density at radius 3 is 1.88 bits per heavy atom. The maximum atomic E-state index is 3.56. The summed E-state index contributed by atoms with van der Waals surface area (Å²) in [7, 11) is 1.93. The molecule has 0 amide bonds. The van der Waals surface area contributed by atoms with Gasteiger partial charge in [0.25, 0.3) is 0 Å².